The van der Waals surface area contributed by atoms with Crippen LogP contribution in [0.4, 0.5) is 0 Å². The van der Waals surface area contributed by atoms with Crippen LogP contribution in [-0.4, -0.2) is 36.1 Å². The standard InChI is InChI=1S/C12H18ClN3/c1-10-3-4-11(13)12(15-10)9-16-7-2-5-14-6-8-16/h3-4,14H,2,5-9H2,1H3. The topological polar surface area (TPSA) is 28.2 Å². The first-order valence-electron chi connectivity index (χ1n) is 5.81. The number of pyridine rings is 1. The molecule has 0 bridgehead atoms. The van der Waals surface area contributed by atoms with E-state index in [4.69, 9.17) is 11.6 Å². The van der Waals surface area contributed by atoms with E-state index < -0.39 is 0 Å². The number of rotatable bonds is 2. The molecule has 0 aromatic carbocycles. The third-order valence-corrected chi connectivity index (χ3v) is 3.21. The molecule has 2 rings (SSSR count). The largest absolute Gasteiger partial charge is 0.315 e. The van der Waals surface area contributed by atoms with E-state index in [0.717, 1.165) is 49.1 Å². The van der Waals surface area contributed by atoms with Gasteiger partial charge in [0.25, 0.3) is 0 Å². The van der Waals surface area contributed by atoms with Crippen LogP contribution < -0.4 is 5.32 Å². The average Bonchev–Trinajstić information content (AvgIpc) is 2.52. The van der Waals surface area contributed by atoms with Gasteiger partial charge in [-0.25, -0.2) is 0 Å². The molecule has 88 valence electrons. The summed E-state index contributed by atoms with van der Waals surface area (Å²) in [6.07, 6.45) is 1.20. The highest BCUT2D eigenvalue weighted by molar-refractivity contribution is 6.31. The number of hydrogen-bond acceptors (Lipinski definition) is 3. The molecule has 0 atom stereocenters. The number of nitrogens with one attached hydrogen (secondary N) is 1. The molecule has 16 heavy (non-hydrogen) atoms. The number of hydrogen-bond donors (Lipinski definition) is 1. The highest BCUT2D eigenvalue weighted by atomic mass is 35.5. The van der Waals surface area contributed by atoms with Crippen LogP contribution in [0.2, 0.25) is 5.02 Å². The average molecular weight is 240 g/mol. The zero-order chi connectivity index (χ0) is 11.4. The lowest BCUT2D eigenvalue weighted by Crippen LogP contribution is -2.28. The molecular formula is C12H18ClN3. The highest BCUT2D eigenvalue weighted by Crippen LogP contribution is 2.16. The minimum atomic E-state index is 0.780. The Hall–Kier alpha value is -0.640. The first-order chi connectivity index (χ1) is 7.75. The van der Waals surface area contributed by atoms with E-state index >= 15 is 0 Å². The van der Waals surface area contributed by atoms with Crippen molar-refractivity contribution in [3.05, 3.63) is 28.5 Å². The van der Waals surface area contributed by atoms with E-state index in [1.54, 1.807) is 0 Å². The molecule has 1 aliphatic rings. The molecule has 2 heterocycles. The Bertz CT molecular complexity index is 346. The van der Waals surface area contributed by atoms with Crippen molar-refractivity contribution in [3.8, 4) is 0 Å². The molecule has 1 saturated heterocycles. The Morgan fingerprint density at radius 1 is 1.38 bits per heavy atom. The summed E-state index contributed by atoms with van der Waals surface area (Å²) in [6, 6.07) is 3.89. The lowest BCUT2D eigenvalue weighted by atomic mass is 10.3. The molecular weight excluding hydrogens is 222 g/mol. The van der Waals surface area contributed by atoms with Crippen LogP contribution in [-0.2, 0) is 6.54 Å². The summed E-state index contributed by atoms with van der Waals surface area (Å²) in [7, 11) is 0. The summed E-state index contributed by atoms with van der Waals surface area (Å²) in [6.45, 7) is 7.24. The molecule has 0 unspecified atom stereocenters. The Morgan fingerprint density at radius 3 is 3.12 bits per heavy atom. The van der Waals surface area contributed by atoms with Gasteiger partial charge in [-0.1, -0.05) is 11.6 Å². The number of aromatic nitrogens is 1. The van der Waals surface area contributed by atoms with Crippen molar-refractivity contribution in [1.82, 2.24) is 15.2 Å². The molecule has 0 spiro atoms. The van der Waals surface area contributed by atoms with Gasteiger partial charge in [0.15, 0.2) is 0 Å². The second kappa shape index (κ2) is 5.62. The van der Waals surface area contributed by atoms with Crippen LogP contribution in [0.3, 0.4) is 0 Å². The van der Waals surface area contributed by atoms with E-state index in [1.807, 2.05) is 19.1 Å². The predicted octanol–water partition coefficient (Wildman–Crippen LogP) is 1.84. The molecule has 1 aromatic rings. The Labute approximate surface area is 102 Å². The van der Waals surface area contributed by atoms with Crippen molar-refractivity contribution in [2.24, 2.45) is 0 Å². The number of halogens is 1. The van der Waals surface area contributed by atoms with Gasteiger partial charge in [-0.3, -0.25) is 9.88 Å². The molecule has 3 nitrogen and oxygen atoms in total. The molecule has 4 heteroatoms. The Morgan fingerprint density at radius 2 is 2.25 bits per heavy atom. The monoisotopic (exact) mass is 239 g/mol. The van der Waals surface area contributed by atoms with E-state index in [0.29, 0.717) is 0 Å². The summed E-state index contributed by atoms with van der Waals surface area (Å²) < 4.78 is 0. The van der Waals surface area contributed by atoms with Crippen LogP contribution in [0.15, 0.2) is 12.1 Å². The molecule has 1 N–H and O–H groups in total. The third-order valence-electron chi connectivity index (χ3n) is 2.86. The summed E-state index contributed by atoms with van der Waals surface area (Å²) in [5.74, 6) is 0. The smallest absolute Gasteiger partial charge is 0.0732 e. The van der Waals surface area contributed by atoms with Gasteiger partial charge in [0, 0.05) is 25.3 Å². The summed E-state index contributed by atoms with van der Waals surface area (Å²) >= 11 is 6.15. The van der Waals surface area contributed by atoms with E-state index in [-0.39, 0.29) is 0 Å². The van der Waals surface area contributed by atoms with E-state index in [9.17, 15) is 0 Å². The van der Waals surface area contributed by atoms with Gasteiger partial charge >= 0.3 is 0 Å². The van der Waals surface area contributed by atoms with Crippen LogP contribution in [0.25, 0.3) is 0 Å². The number of nitrogens with zero attached hydrogens (tertiary/aromatic N) is 2. The van der Waals surface area contributed by atoms with E-state index in [1.165, 1.54) is 6.42 Å². The van der Waals surface area contributed by atoms with Crippen molar-refractivity contribution in [2.45, 2.75) is 19.9 Å². The van der Waals surface area contributed by atoms with Crippen LogP contribution in [0.5, 0.6) is 0 Å². The fraction of sp³-hybridized carbons (Fsp3) is 0.583. The maximum atomic E-state index is 6.15. The molecule has 0 aliphatic carbocycles. The van der Waals surface area contributed by atoms with Crippen LogP contribution in [0.1, 0.15) is 17.8 Å². The Balaban J connectivity index is 2.04. The summed E-state index contributed by atoms with van der Waals surface area (Å²) in [4.78, 5) is 6.91. The second-order valence-corrected chi connectivity index (χ2v) is 4.67. The normalized spacial score (nSPS) is 18.4. The first kappa shape index (κ1) is 11.8. The van der Waals surface area contributed by atoms with Crippen LogP contribution in [0, 0.1) is 6.92 Å². The predicted molar refractivity (Wildman–Crippen MR) is 66.7 cm³/mol. The van der Waals surface area contributed by atoms with Crippen molar-refractivity contribution in [2.75, 3.05) is 26.2 Å². The minimum absolute atomic E-state index is 0.780. The molecule has 0 saturated carbocycles. The molecule has 1 fully saturated rings. The van der Waals surface area contributed by atoms with Gasteiger partial charge in [0.1, 0.15) is 0 Å². The molecule has 1 aromatic heterocycles. The van der Waals surface area contributed by atoms with Crippen molar-refractivity contribution in [1.29, 1.82) is 0 Å². The highest BCUT2D eigenvalue weighted by Gasteiger charge is 2.11. The molecule has 0 amide bonds. The fourth-order valence-electron chi connectivity index (χ4n) is 1.98. The third kappa shape index (κ3) is 3.17. The van der Waals surface area contributed by atoms with Gasteiger partial charge in [0.05, 0.1) is 10.7 Å². The Kier molecular flexibility index (Phi) is 4.16. The van der Waals surface area contributed by atoms with Gasteiger partial charge < -0.3 is 5.32 Å². The van der Waals surface area contributed by atoms with Crippen molar-refractivity contribution >= 4 is 11.6 Å². The van der Waals surface area contributed by atoms with Crippen LogP contribution >= 0.6 is 11.6 Å². The SMILES string of the molecule is Cc1ccc(Cl)c(CN2CCCNCC2)n1. The number of aryl methyl sites for hydroxylation is 1. The second-order valence-electron chi connectivity index (χ2n) is 4.26. The maximum absolute atomic E-state index is 6.15. The minimum Gasteiger partial charge on any atom is -0.315 e. The van der Waals surface area contributed by atoms with E-state index in [2.05, 4.69) is 15.2 Å². The summed E-state index contributed by atoms with van der Waals surface area (Å²) in [5.41, 5.74) is 2.04. The zero-order valence-corrected chi connectivity index (χ0v) is 10.4. The fourth-order valence-corrected chi connectivity index (χ4v) is 2.14. The van der Waals surface area contributed by atoms with Gasteiger partial charge in [-0.05, 0) is 38.6 Å². The van der Waals surface area contributed by atoms with Gasteiger partial charge in [-0.15, -0.1) is 0 Å². The molecule has 1 aliphatic heterocycles. The lowest BCUT2D eigenvalue weighted by molar-refractivity contribution is 0.281. The summed E-state index contributed by atoms with van der Waals surface area (Å²) in [5, 5.41) is 4.17. The maximum Gasteiger partial charge on any atom is 0.0732 e. The zero-order valence-electron chi connectivity index (χ0n) is 9.67. The van der Waals surface area contributed by atoms with Crippen molar-refractivity contribution < 1.29 is 0 Å². The van der Waals surface area contributed by atoms with Crippen molar-refractivity contribution in [3.63, 3.8) is 0 Å². The quantitative estimate of drug-likeness (QED) is 0.854. The first-order valence-corrected chi connectivity index (χ1v) is 6.18. The molecule has 0 radical (unpaired) electrons. The van der Waals surface area contributed by atoms with Gasteiger partial charge in [0.2, 0.25) is 0 Å². The lowest BCUT2D eigenvalue weighted by Gasteiger charge is -2.19. The van der Waals surface area contributed by atoms with Gasteiger partial charge in [-0.2, -0.15) is 0 Å².